The number of carbonyl (C=O) groups is 1. The van der Waals surface area contributed by atoms with Crippen LogP contribution in [0.25, 0.3) is 11.1 Å². The summed E-state index contributed by atoms with van der Waals surface area (Å²) in [7, 11) is 2.04. The molecule has 132 valence electrons. The predicted octanol–water partition coefficient (Wildman–Crippen LogP) is 4.58. The van der Waals surface area contributed by atoms with E-state index in [-0.39, 0.29) is 10.9 Å². The van der Waals surface area contributed by atoms with Crippen molar-refractivity contribution in [3.05, 3.63) is 53.3 Å². The summed E-state index contributed by atoms with van der Waals surface area (Å²) >= 11 is 5.97. The van der Waals surface area contributed by atoms with E-state index in [0.717, 1.165) is 19.5 Å². The van der Waals surface area contributed by atoms with Crippen LogP contribution in [0.4, 0.5) is 14.9 Å². The van der Waals surface area contributed by atoms with E-state index in [1.807, 2.05) is 7.05 Å². The van der Waals surface area contributed by atoms with Gasteiger partial charge >= 0.3 is 6.09 Å². The third kappa shape index (κ3) is 4.11. The van der Waals surface area contributed by atoms with Gasteiger partial charge in [-0.15, -0.1) is 0 Å². The highest BCUT2D eigenvalue weighted by Gasteiger charge is 2.26. The normalized spacial score (nSPS) is 17.6. The molecule has 1 fully saturated rings. The van der Waals surface area contributed by atoms with Crippen LogP contribution in [0.5, 0.6) is 0 Å². The van der Waals surface area contributed by atoms with Crippen molar-refractivity contribution < 1.29 is 14.3 Å². The molecule has 0 aromatic heterocycles. The lowest BCUT2D eigenvalue weighted by Gasteiger charge is -2.25. The van der Waals surface area contributed by atoms with Crippen LogP contribution in [0.2, 0.25) is 5.02 Å². The molecule has 1 amide bonds. The van der Waals surface area contributed by atoms with E-state index >= 15 is 0 Å². The summed E-state index contributed by atoms with van der Waals surface area (Å²) in [6, 6.07) is 11.4. The van der Waals surface area contributed by atoms with Gasteiger partial charge in [-0.3, -0.25) is 4.90 Å². The summed E-state index contributed by atoms with van der Waals surface area (Å²) in [4.78, 5) is 15.5. The lowest BCUT2D eigenvalue weighted by atomic mass is 10.0. The second kappa shape index (κ2) is 7.42. The number of hydrogen-bond acceptors (Lipinski definition) is 2. The average molecular weight is 363 g/mol. The lowest BCUT2D eigenvalue weighted by Crippen LogP contribution is -2.35. The van der Waals surface area contributed by atoms with Crippen molar-refractivity contribution >= 4 is 23.4 Å². The van der Waals surface area contributed by atoms with Gasteiger partial charge in [-0.05, 0) is 55.8 Å². The molecule has 2 aromatic carbocycles. The van der Waals surface area contributed by atoms with Gasteiger partial charge in [-0.2, -0.15) is 0 Å². The van der Waals surface area contributed by atoms with Crippen molar-refractivity contribution in [1.82, 2.24) is 4.90 Å². The minimum absolute atomic E-state index is 0.282. The molecule has 3 rings (SSSR count). The number of anilines is 1. The summed E-state index contributed by atoms with van der Waals surface area (Å²) < 4.78 is 13.8. The number of carboxylic acid groups (broad SMARTS) is 1. The molecule has 1 aliphatic heterocycles. The Morgan fingerprint density at radius 1 is 1.36 bits per heavy atom. The van der Waals surface area contributed by atoms with Crippen molar-refractivity contribution in [2.24, 2.45) is 5.92 Å². The van der Waals surface area contributed by atoms with Crippen LogP contribution in [0, 0.1) is 11.7 Å². The van der Waals surface area contributed by atoms with Crippen molar-refractivity contribution in [3.63, 3.8) is 0 Å². The standard InChI is InChI=1S/C19H20ClFN2O2/c1-22-7-6-13(11-22)12-23(19(24)25)18-5-3-2-4-17(18)14-8-15(20)10-16(21)9-14/h2-5,8-10,13H,6-7,11-12H2,1H3,(H,24,25). The first kappa shape index (κ1) is 17.7. The Labute approximate surface area is 151 Å². The Kier molecular flexibility index (Phi) is 5.25. The van der Waals surface area contributed by atoms with Gasteiger partial charge in [-0.1, -0.05) is 29.8 Å². The van der Waals surface area contributed by atoms with Gasteiger partial charge in [0.1, 0.15) is 5.82 Å². The van der Waals surface area contributed by atoms with Gasteiger partial charge in [0.05, 0.1) is 5.69 Å². The van der Waals surface area contributed by atoms with Crippen LogP contribution in [-0.4, -0.2) is 42.8 Å². The average Bonchev–Trinajstić information content (AvgIpc) is 2.97. The highest BCUT2D eigenvalue weighted by molar-refractivity contribution is 6.30. The maximum Gasteiger partial charge on any atom is 0.411 e. The molecule has 1 saturated heterocycles. The zero-order valence-corrected chi connectivity index (χ0v) is 14.7. The minimum atomic E-state index is -1.01. The Hall–Kier alpha value is -2.11. The second-order valence-electron chi connectivity index (χ2n) is 6.49. The largest absolute Gasteiger partial charge is 0.465 e. The molecule has 1 N–H and O–H groups in total. The van der Waals surface area contributed by atoms with E-state index in [1.54, 1.807) is 30.3 Å². The monoisotopic (exact) mass is 362 g/mol. The summed E-state index contributed by atoms with van der Waals surface area (Å²) in [6.45, 7) is 2.26. The fourth-order valence-electron chi connectivity index (χ4n) is 3.38. The SMILES string of the molecule is CN1CCC(CN(C(=O)O)c2ccccc2-c2cc(F)cc(Cl)c2)C1. The van der Waals surface area contributed by atoms with Gasteiger partial charge in [0.2, 0.25) is 0 Å². The number of para-hydroxylation sites is 1. The molecule has 1 heterocycles. The zero-order chi connectivity index (χ0) is 18.0. The second-order valence-corrected chi connectivity index (χ2v) is 6.92. The van der Waals surface area contributed by atoms with Crippen LogP contribution < -0.4 is 4.90 Å². The number of likely N-dealkylation sites (tertiary alicyclic amines) is 1. The third-order valence-electron chi connectivity index (χ3n) is 4.53. The molecule has 0 spiro atoms. The van der Waals surface area contributed by atoms with Crippen molar-refractivity contribution in [1.29, 1.82) is 0 Å². The van der Waals surface area contributed by atoms with Crippen molar-refractivity contribution in [2.45, 2.75) is 6.42 Å². The minimum Gasteiger partial charge on any atom is -0.465 e. The molecule has 25 heavy (non-hydrogen) atoms. The van der Waals surface area contributed by atoms with Crippen LogP contribution in [0.15, 0.2) is 42.5 Å². The molecule has 1 unspecified atom stereocenters. The maximum absolute atomic E-state index is 13.8. The number of nitrogens with zero attached hydrogens (tertiary/aromatic N) is 2. The maximum atomic E-state index is 13.8. The lowest BCUT2D eigenvalue weighted by molar-refractivity contribution is 0.200. The molecular weight excluding hydrogens is 343 g/mol. The Morgan fingerprint density at radius 2 is 2.12 bits per heavy atom. The number of hydrogen-bond donors (Lipinski definition) is 1. The molecule has 1 atom stereocenters. The predicted molar refractivity (Wildman–Crippen MR) is 97.8 cm³/mol. The zero-order valence-electron chi connectivity index (χ0n) is 14.0. The molecule has 0 aliphatic carbocycles. The highest BCUT2D eigenvalue weighted by Crippen LogP contribution is 2.34. The van der Waals surface area contributed by atoms with Crippen molar-refractivity contribution in [3.8, 4) is 11.1 Å². The number of halogens is 2. The summed E-state index contributed by atoms with van der Waals surface area (Å²) in [5.74, 6) is -0.165. The van der Waals surface area contributed by atoms with Crippen LogP contribution in [0.3, 0.4) is 0 Å². The van der Waals surface area contributed by atoms with Crippen LogP contribution >= 0.6 is 11.6 Å². The Bertz CT molecular complexity index is 764. The molecule has 0 bridgehead atoms. The van der Waals surface area contributed by atoms with E-state index in [1.165, 1.54) is 17.0 Å². The molecule has 0 radical (unpaired) electrons. The highest BCUT2D eigenvalue weighted by atomic mass is 35.5. The number of benzene rings is 2. The fraction of sp³-hybridized carbons (Fsp3) is 0.316. The molecule has 6 heteroatoms. The van der Waals surface area contributed by atoms with Crippen LogP contribution in [0.1, 0.15) is 6.42 Å². The first-order valence-electron chi connectivity index (χ1n) is 8.18. The molecular formula is C19H20ClFN2O2. The van der Waals surface area contributed by atoms with Gasteiger partial charge in [0, 0.05) is 23.7 Å². The Balaban J connectivity index is 1.98. The third-order valence-corrected chi connectivity index (χ3v) is 4.75. The quantitative estimate of drug-likeness (QED) is 0.865. The van der Waals surface area contributed by atoms with Crippen LogP contribution in [-0.2, 0) is 0 Å². The Morgan fingerprint density at radius 3 is 2.76 bits per heavy atom. The number of rotatable bonds is 4. The van der Waals surface area contributed by atoms with Gasteiger partial charge in [0.25, 0.3) is 0 Å². The van der Waals surface area contributed by atoms with E-state index < -0.39 is 11.9 Å². The van der Waals surface area contributed by atoms with E-state index in [2.05, 4.69) is 4.90 Å². The van der Waals surface area contributed by atoms with Gasteiger partial charge in [0.15, 0.2) is 0 Å². The number of amides is 1. The molecule has 2 aromatic rings. The smallest absolute Gasteiger partial charge is 0.411 e. The first-order chi connectivity index (χ1) is 11.9. The molecule has 4 nitrogen and oxygen atoms in total. The first-order valence-corrected chi connectivity index (χ1v) is 8.56. The van der Waals surface area contributed by atoms with E-state index in [0.29, 0.717) is 23.4 Å². The van der Waals surface area contributed by atoms with E-state index in [4.69, 9.17) is 11.6 Å². The molecule has 0 saturated carbocycles. The van der Waals surface area contributed by atoms with Gasteiger partial charge in [-0.25, -0.2) is 9.18 Å². The summed E-state index contributed by atoms with van der Waals surface area (Å²) in [5.41, 5.74) is 1.76. The van der Waals surface area contributed by atoms with E-state index in [9.17, 15) is 14.3 Å². The summed E-state index contributed by atoms with van der Waals surface area (Å²) in [5, 5.41) is 10.0. The van der Waals surface area contributed by atoms with Gasteiger partial charge < -0.3 is 10.0 Å². The van der Waals surface area contributed by atoms with Crippen molar-refractivity contribution in [2.75, 3.05) is 31.6 Å². The summed E-state index contributed by atoms with van der Waals surface area (Å²) in [6.07, 6.45) is -0.0432. The molecule has 1 aliphatic rings. The topological polar surface area (TPSA) is 43.8 Å². The fourth-order valence-corrected chi connectivity index (χ4v) is 3.60.